The largest absolute Gasteiger partial charge is 0.416 e. The van der Waals surface area contributed by atoms with Gasteiger partial charge < -0.3 is 0 Å². The second kappa shape index (κ2) is 5.54. The first-order valence-electron chi connectivity index (χ1n) is 5.81. The number of hydrogen-bond donors (Lipinski definition) is 0. The average Bonchev–Trinajstić information content (AvgIpc) is 2.29. The highest BCUT2D eigenvalue weighted by Crippen LogP contribution is 2.30. The summed E-state index contributed by atoms with van der Waals surface area (Å²) in [6.07, 6.45) is -4.25. The summed E-state index contributed by atoms with van der Waals surface area (Å²) in [4.78, 5) is 2.20. The van der Waals surface area contributed by atoms with E-state index in [9.17, 15) is 13.2 Å². The van der Waals surface area contributed by atoms with Crippen LogP contribution in [0.4, 0.5) is 13.2 Å². The zero-order chi connectivity index (χ0) is 13.1. The van der Waals surface area contributed by atoms with Crippen molar-refractivity contribution >= 4 is 0 Å². The Morgan fingerprint density at radius 2 is 1.53 bits per heavy atom. The summed E-state index contributed by atoms with van der Waals surface area (Å²) in [7, 11) is 0. The van der Waals surface area contributed by atoms with E-state index in [4.69, 9.17) is 0 Å². The molecule has 0 heterocycles. The maximum atomic E-state index is 12.4. The van der Waals surface area contributed by atoms with Crippen LogP contribution in [0, 0.1) is 0 Å². The van der Waals surface area contributed by atoms with E-state index in [0.29, 0.717) is 0 Å². The second-order valence-corrected chi connectivity index (χ2v) is 4.02. The average molecular weight is 245 g/mol. The molecule has 4 heteroatoms. The highest BCUT2D eigenvalue weighted by Gasteiger charge is 2.30. The number of halogens is 3. The monoisotopic (exact) mass is 245 g/mol. The zero-order valence-corrected chi connectivity index (χ0v) is 10.4. The van der Waals surface area contributed by atoms with Crippen LogP contribution in [0.3, 0.4) is 0 Å². The van der Waals surface area contributed by atoms with E-state index in [1.807, 2.05) is 20.8 Å². The molecule has 0 aliphatic heterocycles. The molecule has 0 aromatic heterocycles. The Labute approximate surface area is 100 Å². The van der Waals surface area contributed by atoms with Gasteiger partial charge in [0.25, 0.3) is 0 Å². The Hall–Kier alpha value is -1.03. The van der Waals surface area contributed by atoms with Gasteiger partial charge in [-0.15, -0.1) is 0 Å². The van der Waals surface area contributed by atoms with Crippen LogP contribution in [0.25, 0.3) is 0 Å². The van der Waals surface area contributed by atoms with E-state index in [0.717, 1.165) is 30.8 Å². The molecule has 0 saturated carbocycles. The van der Waals surface area contributed by atoms with Gasteiger partial charge in [-0.05, 0) is 37.7 Å². The van der Waals surface area contributed by atoms with Crippen LogP contribution in [-0.2, 0) is 6.18 Å². The van der Waals surface area contributed by atoms with Crippen molar-refractivity contribution in [2.75, 3.05) is 13.1 Å². The number of alkyl halides is 3. The van der Waals surface area contributed by atoms with Gasteiger partial charge in [-0.1, -0.05) is 26.0 Å². The van der Waals surface area contributed by atoms with Crippen molar-refractivity contribution < 1.29 is 13.2 Å². The minimum atomic E-state index is -4.25. The van der Waals surface area contributed by atoms with E-state index in [1.54, 1.807) is 12.1 Å². The van der Waals surface area contributed by atoms with E-state index in [1.165, 1.54) is 0 Å². The van der Waals surface area contributed by atoms with E-state index in [2.05, 4.69) is 4.90 Å². The van der Waals surface area contributed by atoms with Gasteiger partial charge in [-0.2, -0.15) is 13.2 Å². The molecule has 0 unspecified atom stereocenters. The van der Waals surface area contributed by atoms with Gasteiger partial charge in [-0.3, -0.25) is 4.90 Å². The Morgan fingerprint density at radius 1 is 1.06 bits per heavy atom. The van der Waals surface area contributed by atoms with Gasteiger partial charge >= 0.3 is 6.18 Å². The maximum Gasteiger partial charge on any atom is 0.416 e. The van der Waals surface area contributed by atoms with Gasteiger partial charge in [0.2, 0.25) is 0 Å². The first kappa shape index (κ1) is 14.0. The summed E-state index contributed by atoms with van der Waals surface area (Å²) in [6.45, 7) is 7.88. The molecular formula is C13H18F3N. The van der Waals surface area contributed by atoms with Gasteiger partial charge in [0.05, 0.1) is 5.56 Å². The predicted molar refractivity (Wildman–Crippen MR) is 62.8 cm³/mol. The lowest BCUT2D eigenvalue weighted by molar-refractivity contribution is -0.137. The lowest BCUT2D eigenvalue weighted by Gasteiger charge is -2.26. The first-order valence-corrected chi connectivity index (χ1v) is 5.81. The molecule has 17 heavy (non-hydrogen) atoms. The lowest BCUT2D eigenvalue weighted by Crippen LogP contribution is -2.26. The molecule has 1 nitrogen and oxygen atoms in total. The van der Waals surface area contributed by atoms with Gasteiger partial charge in [-0.25, -0.2) is 0 Å². The highest BCUT2D eigenvalue weighted by molar-refractivity contribution is 5.26. The Balaban J connectivity index is 2.87. The molecule has 96 valence electrons. The first-order chi connectivity index (χ1) is 7.90. The number of rotatable bonds is 4. The Kier molecular flexibility index (Phi) is 4.57. The molecule has 0 spiro atoms. The number of hydrogen-bond acceptors (Lipinski definition) is 1. The van der Waals surface area contributed by atoms with Gasteiger partial charge in [0.1, 0.15) is 0 Å². The van der Waals surface area contributed by atoms with Crippen molar-refractivity contribution in [1.29, 1.82) is 0 Å². The molecule has 0 fully saturated rings. The topological polar surface area (TPSA) is 3.24 Å². The molecule has 0 aliphatic carbocycles. The van der Waals surface area contributed by atoms with Crippen molar-refractivity contribution in [2.45, 2.75) is 33.0 Å². The standard InChI is InChI=1S/C13H18F3N/c1-4-17(5-2)10(3)11-6-8-12(9-7-11)13(14,15)16/h6-10H,4-5H2,1-3H3/t10-/m0/s1. The fourth-order valence-corrected chi connectivity index (χ4v) is 1.93. The van der Waals surface area contributed by atoms with Crippen LogP contribution in [0.5, 0.6) is 0 Å². The molecule has 0 aliphatic rings. The summed E-state index contributed by atoms with van der Waals surface area (Å²) >= 11 is 0. The summed E-state index contributed by atoms with van der Waals surface area (Å²) in [5.74, 6) is 0. The van der Waals surface area contributed by atoms with Crippen LogP contribution in [0.2, 0.25) is 0 Å². The molecule has 0 radical (unpaired) electrons. The third-order valence-corrected chi connectivity index (χ3v) is 3.08. The summed E-state index contributed by atoms with van der Waals surface area (Å²) in [5, 5.41) is 0. The zero-order valence-electron chi connectivity index (χ0n) is 10.4. The lowest BCUT2D eigenvalue weighted by atomic mass is 10.0. The Bertz CT molecular complexity index is 339. The van der Waals surface area contributed by atoms with Crippen molar-refractivity contribution in [1.82, 2.24) is 4.90 Å². The van der Waals surface area contributed by atoms with Crippen molar-refractivity contribution in [3.8, 4) is 0 Å². The van der Waals surface area contributed by atoms with Crippen LogP contribution in [0.15, 0.2) is 24.3 Å². The molecule has 1 rings (SSSR count). The number of benzene rings is 1. The summed E-state index contributed by atoms with van der Waals surface area (Å²) in [6, 6.07) is 5.56. The molecule has 0 bridgehead atoms. The van der Waals surface area contributed by atoms with E-state index in [-0.39, 0.29) is 6.04 Å². The fraction of sp³-hybridized carbons (Fsp3) is 0.538. The normalized spacial score (nSPS) is 14.1. The minimum Gasteiger partial charge on any atom is -0.297 e. The van der Waals surface area contributed by atoms with Crippen molar-refractivity contribution in [3.63, 3.8) is 0 Å². The molecule has 1 aromatic rings. The van der Waals surface area contributed by atoms with E-state index >= 15 is 0 Å². The van der Waals surface area contributed by atoms with Gasteiger partial charge in [0, 0.05) is 6.04 Å². The highest BCUT2D eigenvalue weighted by atomic mass is 19.4. The Morgan fingerprint density at radius 3 is 1.88 bits per heavy atom. The van der Waals surface area contributed by atoms with Crippen LogP contribution >= 0.6 is 0 Å². The molecular weight excluding hydrogens is 227 g/mol. The van der Waals surface area contributed by atoms with Crippen molar-refractivity contribution in [3.05, 3.63) is 35.4 Å². The van der Waals surface area contributed by atoms with Gasteiger partial charge in [0.15, 0.2) is 0 Å². The van der Waals surface area contributed by atoms with Crippen LogP contribution in [-0.4, -0.2) is 18.0 Å². The molecule has 1 aromatic carbocycles. The van der Waals surface area contributed by atoms with Crippen LogP contribution < -0.4 is 0 Å². The second-order valence-electron chi connectivity index (χ2n) is 4.02. The third-order valence-electron chi connectivity index (χ3n) is 3.08. The SMILES string of the molecule is CCN(CC)[C@@H](C)c1ccc(C(F)(F)F)cc1. The maximum absolute atomic E-state index is 12.4. The molecule has 0 saturated heterocycles. The summed E-state index contributed by atoms with van der Waals surface area (Å²) < 4.78 is 37.2. The van der Waals surface area contributed by atoms with Crippen molar-refractivity contribution in [2.24, 2.45) is 0 Å². The van der Waals surface area contributed by atoms with E-state index < -0.39 is 11.7 Å². The summed E-state index contributed by atoms with van der Waals surface area (Å²) in [5.41, 5.74) is 0.328. The molecule has 0 amide bonds. The third kappa shape index (κ3) is 3.46. The van der Waals surface area contributed by atoms with Crippen LogP contribution in [0.1, 0.15) is 37.9 Å². The molecule has 1 atom stereocenters. The fourth-order valence-electron chi connectivity index (χ4n) is 1.93. The molecule has 0 N–H and O–H groups in total. The smallest absolute Gasteiger partial charge is 0.297 e. The minimum absolute atomic E-state index is 0.146. The predicted octanol–water partition coefficient (Wildman–Crippen LogP) is 4.11. The quantitative estimate of drug-likeness (QED) is 0.771. The number of nitrogens with zero attached hydrogens (tertiary/aromatic N) is 1.